The van der Waals surface area contributed by atoms with E-state index in [-0.39, 0.29) is 6.61 Å². The van der Waals surface area contributed by atoms with Crippen LogP contribution in [-0.4, -0.2) is 42.2 Å². The minimum Gasteiger partial charge on any atom is -0.462 e. The van der Waals surface area contributed by atoms with E-state index in [9.17, 15) is 9.90 Å². The summed E-state index contributed by atoms with van der Waals surface area (Å²) in [6.45, 7) is 10.8. The fourth-order valence-electron chi connectivity index (χ4n) is 2.96. The van der Waals surface area contributed by atoms with Gasteiger partial charge in [-0.25, -0.2) is 4.79 Å². The Bertz CT molecular complexity index is 725. The summed E-state index contributed by atoms with van der Waals surface area (Å²) in [5, 5.41) is 11.4. The average Bonchev–Trinajstić information content (AvgIpc) is 2.67. The van der Waals surface area contributed by atoms with E-state index in [2.05, 4.69) is 18.7 Å². The van der Waals surface area contributed by atoms with Crippen LogP contribution < -0.4 is 0 Å². The summed E-state index contributed by atoms with van der Waals surface area (Å²) in [5.74, 6) is -0.640. The normalized spacial score (nSPS) is 13.5. The fraction of sp³-hybridized carbons (Fsp3) is 0.409. The number of hydrogen-bond donors (Lipinski definition) is 1. The van der Waals surface area contributed by atoms with Crippen molar-refractivity contribution in [1.29, 1.82) is 0 Å². The average molecular weight is 355 g/mol. The van der Waals surface area contributed by atoms with Crippen LogP contribution in [-0.2, 0) is 15.1 Å². The number of aliphatic hydroxyl groups is 1. The van der Waals surface area contributed by atoms with E-state index in [1.165, 1.54) is 0 Å². The van der Waals surface area contributed by atoms with Crippen LogP contribution in [0.4, 0.5) is 0 Å². The number of carbonyl (C=O) groups is 1. The SMILES string of the molecule is CCN(CC)CCOC(=O)[C@](O)(c1ccccc1)c1ccc(C)c(C)c1. The van der Waals surface area contributed by atoms with Gasteiger partial charge in [0.2, 0.25) is 5.60 Å². The number of rotatable bonds is 8. The van der Waals surface area contributed by atoms with E-state index < -0.39 is 11.6 Å². The molecule has 26 heavy (non-hydrogen) atoms. The first-order valence-electron chi connectivity index (χ1n) is 9.18. The Kier molecular flexibility index (Phi) is 6.95. The number of ether oxygens (including phenoxy) is 1. The maximum absolute atomic E-state index is 12.9. The number of carbonyl (C=O) groups excluding carboxylic acids is 1. The van der Waals surface area contributed by atoms with E-state index in [1.807, 2.05) is 44.2 Å². The minimum absolute atomic E-state index is 0.250. The summed E-state index contributed by atoms with van der Waals surface area (Å²) < 4.78 is 5.49. The van der Waals surface area contributed by atoms with Gasteiger partial charge in [0, 0.05) is 6.54 Å². The molecule has 0 saturated carbocycles. The van der Waals surface area contributed by atoms with Gasteiger partial charge in [0.05, 0.1) is 0 Å². The lowest BCUT2D eigenvalue weighted by Gasteiger charge is -2.28. The van der Waals surface area contributed by atoms with Gasteiger partial charge in [0.1, 0.15) is 6.61 Å². The number of hydrogen-bond acceptors (Lipinski definition) is 4. The zero-order valence-electron chi connectivity index (χ0n) is 16.2. The topological polar surface area (TPSA) is 49.8 Å². The van der Waals surface area contributed by atoms with Crippen LogP contribution in [0.5, 0.6) is 0 Å². The van der Waals surface area contributed by atoms with Gasteiger partial charge in [-0.1, -0.05) is 62.4 Å². The van der Waals surface area contributed by atoms with Gasteiger partial charge >= 0.3 is 5.97 Å². The Morgan fingerprint density at radius 2 is 1.65 bits per heavy atom. The van der Waals surface area contributed by atoms with Gasteiger partial charge in [-0.05, 0) is 49.2 Å². The molecular formula is C22H29NO3. The molecule has 0 aliphatic carbocycles. The third-order valence-corrected chi connectivity index (χ3v) is 4.95. The fourth-order valence-corrected chi connectivity index (χ4v) is 2.96. The Balaban J connectivity index is 2.32. The summed E-state index contributed by atoms with van der Waals surface area (Å²) in [4.78, 5) is 15.1. The zero-order chi connectivity index (χ0) is 19.2. The highest BCUT2D eigenvalue weighted by Crippen LogP contribution is 2.32. The van der Waals surface area contributed by atoms with Crippen LogP contribution >= 0.6 is 0 Å². The maximum atomic E-state index is 12.9. The molecule has 0 amide bonds. The Labute approximate surface area is 156 Å². The Morgan fingerprint density at radius 1 is 1.00 bits per heavy atom. The van der Waals surface area contributed by atoms with E-state index in [0.717, 1.165) is 24.2 Å². The van der Waals surface area contributed by atoms with Gasteiger partial charge in [-0.15, -0.1) is 0 Å². The van der Waals surface area contributed by atoms with Crippen LogP contribution in [0.15, 0.2) is 48.5 Å². The van der Waals surface area contributed by atoms with E-state index in [0.29, 0.717) is 17.7 Å². The molecule has 0 saturated heterocycles. The molecule has 0 aliphatic rings. The predicted molar refractivity (Wildman–Crippen MR) is 104 cm³/mol. The maximum Gasteiger partial charge on any atom is 0.347 e. The Hall–Kier alpha value is -2.17. The van der Waals surface area contributed by atoms with Gasteiger partial charge in [0.25, 0.3) is 0 Å². The quantitative estimate of drug-likeness (QED) is 0.737. The zero-order valence-corrected chi connectivity index (χ0v) is 16.2. The number of likely N-dealkylation sites (N-methyl/N-ethyl adjacent to an activating group) is 1. The standard InChI is InChI=1S/C22H29NO3/c1-5-23(6-2)14-15-26-21(24)22(25,19-10-8-7-9-11-19)20-13-12-17(3)18(4)16-20/h7-13,16,25H,5-6,14-15H2,1-4H3/t22-/m0/s1. The molecule has 0 spiro atoms. The summed E-state index contributed by atoms with van der Waals surface area (Å²) in [5.41, 5.74) is 1.35. The Morgan fingerprint density at radius 3 is 2.23 bits per heavy atom. The van der Waals surface area contributed by atoms with Crippen molar-refractivity contribution in [2.45, 2.75) is 33.3 Å². The molecule has 0 bridgehead atoms. The highest BCUT2D eigenvalue weighted by atomic mass is 16.5. The third kappa shape index (κ3) is 4.32. The molecule has 4 heteroatoms. The molecule has 2 aromatic carbocycles. The monoisotopic (exact) mass is 355 g/mol. The smallest absolute Gasteiger partial charge is 0.347 e. The summed E-state index contributed by atoms with van der Waals surface area (Å²) in [6.07, 6.45) is 0. The van der Waals surface area contributed by atoms with Gasteiger partial charge in [-0.2, -0.15) is 0 Å². The molecule has 1 atom stereocenters. The van der Waals surface area contributed by atoms with Crippen LogP contribution in [0.3, 0.4) is 0 Å². The second-order valence-electron chi connectivity index (χ2n) is 6.54. The van der Waals surface area contributed by atoms with Crippen LogP contribution in [0.1, 0.15) is 36.1 Å². The van der Waals surface area contributed by atoms with Crippen molar-refractivity contribution in [2.24, 2.45) is 0 Å². The molecule has 0 fully saturated rings. The molecule has 140 valence electrons. The summed E-state index contributed by atoms with van der Waals surface area (Å²) in [7, 11) is 0. The molecule has 1 N–H and O–H groups in total. The third-order valence-electron chi connectivity index (χ3n) is 4.95. The molecule has 0 heterocycles. The molecule has 4 nitrogen and oxygen atoms in total. The molecule has 0 aliphatic heterocycles. The van der Waals surface area contributed by atoms with Crippen LogP contribution in [0.25, 0.3) is 0 Å². The first kappa shape index (κ1) is 20.1. The first-order chi connectivity index (χ1) is 12.4. The van der Waals surface area contributed by atoms with Crippen molar-refractivity contribution < 1.29 is 14.6 Å². The molecule has 0 aromatic heterocycles. The van der Waals surface area contributed by atoms with E-state index in [1.54, 1.807) is 18.2 Å². The number of benzene rings is 2. The summed E-state index contributed by atoms with van der Waals surface area (Å²) in [6, 6.07) is 14.5. The van der Waals surface area contributed by atoms with Crippen molar-refractivity contribution in [3.8, 4) is 0 Å². The van der Waals surface area contributed by atoms with Gasteiger partial charge < -0.3 is 14.7 Å². The highest BCUT2D eigenvalue weighted by molar-refractivity contribution is 5.85. The van der Waals surface area contributed by atoms with E-state index in [4.69, 9.17) is 4.74 Å². The first-order valence-corrected chi connectivity index (χ1v) is 9.18. The van der Waals surface area contributed by atoms with Crippen molar-refractivity contribution in [1.82, 2.24) is 4.90 Å². The molecule has 2 aromatic rings. The van der Waals surface area contributed by atoms with Crippen molar-refractivity contribution >= 4 is 5.97 Å². The van der Waals surface area contributed by atoms with Crippen LogP contribution in [0, 0.1) is 13.8 Å². The number of aryl methyl sites for hydroxylation is 2. The lowest BCUT2D eigenvalue weighted by molar-refractivity contribution is -0.162. The van der Waals surface area contributed by atoms with Gasteiger partial charge in [0.15, 0.2) is 0 Å². The largest absolute Gasteiger partial charge is 0.462 e. The second-order valence-corrected chi connectivity index (χ2v) is 6.54. The lowest BCUT2D eigenvalue weighted by atomic mass is 9.85. The van der Waals surface area contributed by atoms with Crippen LogP contribution in [0.2, 0.25) is 0 Å². The summed E-state index contributed by atoms with van der Waals surface area (Å²) >= 11 is 0. The minimum atomic E-state index is -1.82. The number of nitrogens with zero attached hydrogens (tertiary/aromatic N) is 1. The second kappa shape index (κ2) is 8.97. The molecule has 0 unspecified atom stereocenters. The number of esters is 1. The van der Waals surface area contributed by atoms with E-state index >= 15 is 0 Å². The molecule has 2 rings (SSSR count). The molecule has 0 radical (unpaired) electrons. The van der Waals surface area contributed by atoms with Crippen molar-refractivity contribution in [3.05, 3.63) is 70.8 Å². The molecular weight excluding hydrogens is 326 g/mol. The van der Waals surface area contributed by atoms with Crippen molar-refractivity contribution in [2.75, 3.05) is 26.2 Å². The lowest BCUT2D eigenvalue weighted by Crippen LogP contribution is -2.40. The van der Waals surface area contributed by atoms with Gasteiger partial charge in [-0.3, -0.25) is 0 Å². The predicted octanol–water partition coefficient (Wildman–Crippen LogP) is 3.42. The van der Waals surface area contributed by atoms with Crippen molar-refractivity contribution in [3.63, 3.8) is 0 Å². The highest BCUT2D eigenvalue weighted by Gasteiger charge is 2.41.